The summed E-state index contributed by atoms with van der Waals surface area (Å²) in [4.78, 5) is 17.1. The lowest BCUT2D eigenvalue weighted by molar-refractivity contribution is -0.114. The Morgan fingerprint density at radius 2 is 1.78 bits per heavy atom. The maximum atomic E-state index is 12.2. The van der Waals surface area contributed by atoms with Crippen molar-refractivity contribution in [3.8, 4) is 5.75 Å². The Morgan fingerprint density at radius 3 is 2.56 bits per heavy atom. The number of hydrogen-bond acceptors (Lipinski definition) is 4. The molecule has 0 saturated carbocycles. The number of fused-ring (bicyclic) bond motifs is 1. The molecule has 0 radical (unpaired) electrons. The highest BCUT2D eigenvalue weighted by Crippen LogP contribution is 2.37. The second kappa shape index (κ2) is 10.1. The van der Waals surface area contributed by atoms with E-state index in [0.29, 0.717) is 18.1 Å². The Hall–Kier alpha value is -3.60. The fraction of sp³-hybridized carbons (Fsp3) is 0.259. The number of ether oxygens (including phenoxy) is 1. The number of oxime groups is 1. The first kappa shape index (κ1) is 21.6. The lowest BCUT2D eigenvalue weighted by atomic mass is 9.79. The second-order valence-corrected chi connectivity index (χ2v) is 7.86. The smallest absolute Gasteiger partial charge is 0.273 e. The van der Waals surface area contributed by atoms with Crippen molar-refractivity contribution in [3.05, 3.63) is 101 Å². The number of nitrogens with one attached hydrogen (secondary N) is 1. The number of benzene rings is 3. The van der Waals surface area contributed by atoms with Crippen LogP contribution in [0.3, 0.4) is 0 Å². The van der Waals surface area contributed by atoms with Gasteiger partial charge in [-0.05, 0) is 53.6 Å². The molecular formula is C27H28N2O3. The van der Waals surface area contributed by atoms with Gasteiger partial charge in [0.2, 0.25) is 0 Å². The van der Waals surface area contributed by atoms with Crippen molar-refractivity contribution in [3.63, 3.8) is 0 Å². The molecule has 1 unspecified atom stereocenters. The first-order chi connectivity index (χ1) is 15.7. The number of nitrogens with zero attached hydrogens (tertiary/aromatic N) is 1. The summed E-state index contributed by atoms with van der Waals surface area (Å²) in [6.07, 6.45) is 3.55. The lowest BCUT2D eigenvalue weighted by Crippen LogP contribution is -2.29. The van der Waals surface area contributed by atoms with E-state index in [0.717, 1.165) is 17.7 Å². The number of hydrogen-bond donors (Lipinski definition) is 1. The number of likely N-dealkylation sites (N-methyl/N-ethyl adjacent to an activating group) is 1. The number of rotatable bonds is 7. The molecule has 0 spiro atoms. The maximum absolute atomic E-state index is 12.2. The molecule has 0 aliphatic heterocycles. The van der Waals surface area contributed by atoms with Crippen molar-refractivity contribution in [2.24, 2.45) is 5.16 Å². The van der Waals surface area contributed by atoms with Gasteiger partial charge in [-0.1, -0.05) is 65.8 Å². The van der Waals surface area contributed by atoms with Gasteiger partial charge in [-0.15, -0.1) is 0 Å². The van der Waals surface area contributed by atoms with Crippen LogP contribution in [0.4, 0.5) is 0 Å². The van der Waals surface area contributed by atoms with Crippen LogP contribution < -0.4 is 10.1 Å². The van der Waals surface area contributed by atoms with Gasteiger partial charge >= 0.3 is 0 Å². The van der Waals surface area contributed by atoms with Crippen molar-refractivity contribution in [1.29, 1.82) is 0 Å². The summed E-state index contributed by atoms with van der Waals surface area (Å²) in [5.74, 6) is 0.921. The summed E-state index contributed by atoms with van der Waals surface area (Å²) in [6, 6.07) is 24.7. The van der Waals surface area contributed by atoms with Gasteiger partial charge in [0.05, 0.1) is 0 Å². The number of carbonyl (C=O) groups excluding carboxylic acids is 1. The molecule has 0 heterocycles. The molecule has 1 amide bonds. The highest BCUT2D eigenvalue weighted by molar-refractivity contribution is 6.45. The third kappa shape index (κ3) is 4.67. The minimum Gasteiger partial charge on any atom is -0.489 e. The summed E-state index contributed by atoms with van der Waals surface area (Å²) >= 11 is 0. The quantitative estimate of drug-likeness (QED) is 0.433. The predicted molar refractivity (Wildman–Crippen MR) is 126 cm³/mol. The van der Waals surface area contributed by atoms with Crippen LogP contribution in [0.15, 0.2) is 78.0 Å². The molecule has 0 saturated heterocycles. The zero-order valence-corrected chi connectivity index (χ0v) is 18.5. The van der Waals surface area contributed by atoms with Gasteiger partial charge < -0.3 is 14.9 Å². The van der Waals surface area contributed by atoms with Gasteiger partial charge in [0, 0.05) is 18.5 Å². The van der Waals surface area contributed by atoms with E-state index in [9.17, 15) is 4.79 Å². The van der Waals surface area contributed by atoms with Crippen LogP contribution >= 0.6 is 0 Å². The number of amides is 1. The SMILES string of the molecule is CNC(=O)/C(=N/OC)c1ccccc1COc1ccc(C2CCCc3ccccc32)cc1. The van der Waals surface area contributed by atoms with E-state index in [4.69, 9.17) is 9.57 Å². The maximum Gasteiger partial charge on any atom is 0.273 e. The van der Waals surface area contributed by atoms with Gasteiger partial charge in [-0.2, -0.15) is 0 Å². The largest absolute Gasteiger partial charge is 0.489 e. The van der Waals surface area contributed by atoms with Crippen LogP contribution in [-0.4, -0.2) is 25.8 Å². The Morgan fingerprint density at radius 1 is 1.03 bits per heavy atom. The van der Waals surface area contributed by atoms with Gasteiger partial charge in [-0.3, -0.25) is 4.79 Å². The second-order valence-electron chi connectivity index (χ2n) is 7.86. The van der Waals surface area contributed by atoms with E-state index in [1.165, 1.54) is 36.6 Å². The van der Waals surface area contributed by atoms with Gasteiger partial charge in [0.25, 0.3) is 5.91 Å². The van der Waals surface area contributed by atoms with Gasteiger partial charge in [-0.25, -0.2) is 0 Å². The normalized spacial score (nSPS) is 15.6. The molecule has 3 aromatic carbocycles. The predicted octanol–water partition coefficient (Wildman–Crippen LogP) is 4.83. The summed E-state index contributed by atoms with van der Waals surface area (Å²) in [5.41, 5.74) is 5.99. The molecule has 5 heteroatoms. The third-order valence-electron chi connectivity index (χ3n) is 5.94. The lowest BCUT2D eigenvalue weighted by Gasteiger charge is -2.26. The van der Waals surface area contributed by atoms with Crippen LogP contribution in [0, 0.1) is 0 Å². The molecule has 0 aromatic heterocycles. The fourth-order valence-electron chi connectivity index (χ4n) is 4.36. The first-order valence-electron chi connectivity index (χ1n) is 10.9. The third-order valence-corrected chi connectivity index (χ3v) is 5.94. The monoisotopic (exact) mass is 428 g/mol. The van der Waals surface area contributed by atoms with Crippen molar-refractivity contribution >= 4 is 11.6 Å². The van der Waals surface area contributed by atoms with Gasteiger partial charge in [0.15, 0.2) is 5.71 Å². The zero-order valence-electron chi connectivity index (χ0n) is 18.5. The van der Waals surface area contributed by atoms with E-state index >= 15 is 0 Å². The average molecular weight is 429 g/mol. The van der Waals surface area contributed by atoms with E-state index in [-0.39, 0.29) is 11.6 Å². The molecule has 0 bridgehead atoms. The highest BCUT2D eigenvalue weighted by atomic mass is 16.6. The van der Waals surface area contributed by atoms with Gasteiger partial charge in [0.1, 0.15) is 19.5 Å². The topological polar surface area (TPSA) is 59.9 Å². The summed E-state index contributed by atoms with van der Waals surface area (Å²) in [5, 5.41) is 6.51. The fourth-order valence-corrected chi connectivity index (χ4v) is 4.36. The van der Waals surface area contributed by atoms with E-state index in [1.54, 1.807) is 7.05 Å². The molecule has 1 N–H and O–H groups in total. The van der Waals surface area contributed by atoms with Crippen molar-refractivity contribution in [2.45, 2.75) is 31.8 Å². The van der Waals surface area contributed by atoms with Crippen LogP contribution in [0.5, 0.6) is 5.75 Å². The van der Waals surface area contributed by atoms with E-state index in [1.807, 2.05) is 36.4 Å². The Kier molecular flexibility index (Phi) is 6.85. The summed E-state index contributed by atoms with van der Waals surface area (Å²) < 4.78 is 6.06. The standard InChI is InChI=1S/C27H28N2O3/c1-28-27(30)26(29-31-2)25-12-6-4-9-21(25)18-32-22-16-14-20(15-17-22)24-13-7-10-19-8-3-5-11-23(19)24/h3-6,8-9,11-12,14-17,24H,7,10,13,18H2,1-2H3,(H,28,30)/b29-26+. The summed E-state index contributed by atoms with van der Waals surface area (Å²) in [6.45, 7) is 0.321. The molecular weight excluding hydrogens is 400 g/mol. The van der Waals surface area contributed by atoms with Crippen LogP contribution in [0.2, 0.25) is 0 Å². The summed E-state index contributed by atoms with van der Waals surface area (Å²) in [7, 11) is 2.99. The van der Waals surface area contributed by atoms with Crippen molar-refractivity contribution < 1.29 is 14.4 Å². The van der Waals surface area contributed by atoms with Crippen molar-refractivity contribution in [2.75, 3.05) is 14.2 Å². The molecule has 4 rings (SSSR count). The van der Waals surface area contributed by atoms with Crippen LogP contribution in [0.1, 0.15) is 46.6 Å². The molecule has 32 heavy (non-hydrogen) atoms. The zero-order chi connectivity index (χ0) is 22.3. The van der Waals surface area contributed by atoms with Crippen LogP contribution in [0.25, 0.3) is 0 Å². The molecule has 1 atom stereocenters. The first-order valence-corrected chi connectivity index (χ1v) is 10.9. The molecule has 0 fully saturated rings. The molecule has 164 valence electrons. The minimum absolute atomic E-state index is 0.223. The Bertz CT molecular complexity index is 1110. The molecule has 3 aromatic rings. The Labute approximate surface area is 189 Å². The molecule has 1 aliphatic rings. The van der Waals surface area contributed by atoms with Crippen molar-refractivity contribution in [1.82, 2.24) is 5.32 Å². The molecule has 1 aliphatic carbocycles. The number of aryl methyl sites for hydroxylation is 1. The minimum atomic E-state index is -0.309. The average Bonchev–Trinajstić information content (AvgIpc) is 2.86. The number of carbonyl (C=O) groups is 1. The Balaban J connectivity index is 1.50. The highest BCUT2D eigenvalue weighted by Gasteiger charge is 2.21. The van der Waals surface area contributed by atoms with E-state index in [2.05, 4.69) is 46.9 Å². The van der Waals surface area contributed by atoms with E-state index < -0.39 is 0 Å². The van der Waals surface area contributed by atoms with Crippen LogP contribution in [-0.2, 0) is 22.7 Å². The molecule has 5 nitrogen and oxygen atoms in total.